The summed E-state index contributed by atoms with van der Waals surface area (Å²) in [6.07, 6.45) is 0. The summed E-state index contributed by atoms with van der Waals surface area (Å²) in [5.74, 6) is 0.831. The zero-order chi connectivity index (χ0) is 32.1. The van der Waals surface area contributed by atoms with Gasteiger partial charge >= 0.3 is 0 Å². The Bertz CT molecular complexity index is 3040. The highest BCUT2D eigenvalue weighted by molar-refractivity contribution is 6.30. The Morgan fingerprint density at radius 2 is 0.878 bits per heavy atom. The molecule has 0 saturated heterocycles. The van der Waals surface area contributed by atoms with Gasteiger partial charge in [0.2, 0.25) is 0 Å². The zero-order valence-corrected chi connectivity index (χ0v) is 26.2. The lowest BCUT2D eigenvalue weighted by Crippen LogP contribution is -1.92. The highest BCUT2D eigenvalue weighted by Gasteiger charge is 2.25. The molecule has 0 spiro atoms. The van der Waals surface area contributed by atoms with Crippen LogP contribution in [0.15, 0.2) is 171 Å². The fourth-order valence-corrected chi connectivity index (χ4v) is 8.02. The number of benzene rings is 8. The SMILES string of the molecule is c1ccc(-c2cc3c(-c4c5ccccc5c(-c5cccc6oc7ccccc7c56)c5ccccc45)c4oc5ccccc5c4cc3o2)cc1. The lowest BCUT2D eigenvalue weighted by molar-refractivity contribution is 0.631. The van der Waals surface area contributed by atoms with Crippen LogP contribution in [-0.2, 0) is 0 Å². The van der Waals surface area contributed by atoms with Crippen molar-refractivity contribution in [3.05, 3.63) is 158 Å². The fraction of sp³-hybridized carbons (Fsp3) is 0. The average Bonchev–Trinajstić information content (AvgIpc) is 3.87. The Morgan fingerprint density at radius 3 is 1.59 bits per heavy atom. The van der Waals surface area contributed by atoms with Gasteiger partial charge in [0.1, 0.15) is 33.7 Å². The summed E-state index contributed by atoms with van der Waals surface area (Å²) in [4.78, 5) is 0. The Morgan fingerprint density at radius 1 is 0.306 bits per heavy atom. The standard InChI is InChI=1S/C46H26O3/c1-2-13-27(14-3-1)40-26-36-41(48-40)25-35-28-15-8-10-22-37(28)49-46(35)45(36)44-31-18-6-4-16-29(31)42(30-17-5-7-19-32(30)44)34-21-12-24-39-43(34)33-20-9-11-23-38(33)47-39/h1-26H. The quantitative estimate of drug-likeness (QED) is 0.183. The fourth-order valence-electron chi connectivity index (χ4n) is 8.02. The molecule has 0 unspecified atom stereocenters. The molecule has 228 valence electrons. The van der Waals surface area contributed by atoms with Gasteiger partial charge in [0.25, 0.3) is 0 Å². The van der Waals surface area contributed by atoms with Crippen molar-refractivity contribution in [1.82, 2.24) is 0 Å². The molecule has 3 nitrogen and oxygen atoms in total. The van der Waals surface area contributed by atoms with Crippen molar-refractivity contribution in [1.29, 1.82) is 0 Å². The molecule has 0 radical (unpaired) electrons. The van der Waals surface area contributed by atoms with Gasteiger partial charge in [-0.3, -0.25) is 0 Å². The third kappa shape index (κ3) is 3.73. The van der Waals surface area contributed by atoms with Gasteiger partial charge in [-0.15, -0.1) is 0 Å². The Labute approximate surface area is 280 Å². The van der Waals surface area contributed by atoms with E-state index in [0.29, 0.717) is 0 Å². The molecule has 0 fully saturated rings. The molecule has 3 aromatic heterocycles. The van der Waals surface area contributed by atoms with Gasteiger partial charge in [-0.25, -0.2) is 0 Å². The minimum atomic E-state index is 0.831. The second-order valence-electron chi connectivity index (χ2n) is 12.7. The van der Waals surface area contributed by atoms with E-state index in [1.165, 1.54) is 16.3 Å². The predicted octanol–water partition coefficient (Wildman–Crippen LogP) is 13.5. The number of para-hydroxylation sites is 2. The van der Waals surface area contributed by atoms with Crippen molar-refractivity contribution >= 4 is 76.4 Å². The van der Waals surface area contributed by atoms with E-state index in [4.69, 9.17) is 13.3 Å². The van der Waals surface area contributed by atoms with Crippen molar-refractivity contribution in [2.75, 3.05) is 0 Å². The van der Waals surface area contributed by atoms with Gasteiger partial charge in [0.05, 0.1) is 0 Å². The van der Waals surface area contributed by atoms with Gasteiger partial charge in [-0.2, -0.15) is 0 Å². The van der Waals surface area contributed by atoms with Crippen molar-refractivity contribution in [2.45, 2.75) is 0 Å². The summed E-state index contributed by atoms with van der Waals surface area (Å²) >= 11 is 0. The first kappa shape index (κ1) is 26.5. The van der Waals surface area contributed by atoms with Crippen LogP contribution in [0.25, 0.3) is 110 Å². The molecule has 11 aromatic rings. The molecular formula is C46H26O3. The smallest absolute Gasteiger partial charge is 0.144 e. The third-order valence-corrected chi connectivity index (χ3v) is 10.1. The minimum Gasteiger partial charge on any atom is -0.456 e. The Kier molecular flexibility index (Phi) is 5.38. The molecular weight excluding hydrogens is 601 g/mol. The van der Waals surface area contributed by atoms with Crippen LogP contribution in [0.3, 0.4) is 0 Å². The molecule has 49 heavy (non-hydrogen) atoms. The van der Waals surface area contributed by atoms with E-state index in [1.807, 2.05) is 42.5 Å². The molecule has 0 bridgehead atoms. The molecule has 0 saturated carbocycles. The first-order valence-corrected chi connectivity index (χ1v) is 16.6. The Hall–Kier alpha value is -6.58. The van der Waals surface area contributed by atoms with Crippen LogP contribution in [0.2, 0.25) is 0 Å². The lowest BCUT2D eigenvalue weighted by atomic mass is 9.84. The van der Waals surface area contributed by atoms with E-state index in [1.54, 1.807) is 0 Å². The van der Waals surface area contributed by atoms with Gasteiger partial charge in [-0.1, -0.05) is 127 Å². The maximum atomic E-state index is 6.82. The Balaban J connectivity index is 1.33. The number of furan rings is 3. The largest absolute Gasteiger partial charge is 0.456 e. The summed E-state index contributed by atoms with van der Waals surface area (Å²) < 4.78 is 19.9. The van der Waals surface area contributed by atoms with Crippen LogP contribution in [0.4, 0.5) is 0 Å². The van der Waals surface area contributed by atoms with E-state index < -0.39 is 0 Å². The van der Waals surface area contributed by atoms with Gasteiger partial charge in [-0.05, 0) is 63.0 Å². The van der Waals surface area contributed by atoms with Crippen LogP contribution in [-0.4, -0.2) is 0 Å². The highest BCUT2D eigenvalue weighted by atomic mass is 16.3. The third-order valence-electron chi connectivity index (χ3n) is 10.1. The van der Waals surface area contributed by atoms with E-state index in [2.05, 4.69) is 115 Å². The van der Waals surface area contributed by atoms with Crippen LogP contribution < -0.4 is 0 Å². The molecule has 3 heterocycles. The van der Waals surface area contributed by atoms with Crippen molar-refractivity contribution in [3.63, 3.8) is 0 Å². The van der Waals surface area contributed by atoms with Crippen LogP contribution in [0.5, 0.6) is 0 Å². The van der Waals surface area contributed by atoms with Gasteiger partial charge in [0, 0.05) is 43.6 Å². The minimum absolute atomic E-state index is 0.831. The van der Waals surface area contributed by atoms with E-state index in [-0.39, 0.29) is 0 Å². The average molecular weight is 627 g/mol. The molecule has 3 heteroatoms. The summed E-state index contributed by atoms with van der Waals surface area (Å²) in [6.45, 7) is 0. The van der Waals surface area contributed by atoms with Crippen LogP contribution in [0.1, 0.15) is 0 Å². The van der Waals surface area contributed by atoms with Gasteiger partial charge < -0.3 is 13.3 Å². The molecule has 0 aliphatic heterocycles. The summed E-state index contributed by atoms with van der Waals surface area (Å²) in [6, 6.07) is 55.2. The maximum absolute atomic E-state index is 6.82. The van der Waals surface area contributed by atoms with Crippen molar-refractivity contribution < 1.29 is 13.3 Å². The first-order valence-electron chi connectivity index (χ1n) is 16.6. The number of rotatable bonds is 3. The maximum Gasteiger partial charge on any atom is 0.144 e. The number of hydrogen-bond donors (Lipinski definition) is 0. The van der Waals surface area contributed by atoms with E-state index in [9.17, 15) is 0 Å². The second-order valence-corrected chi connectivity index (χ2v) is 12.7. The first-order chi connectivity index (χ1) is 24.3. The zero-order valence-electron chi connectivity index (χ0n) is 26.2. The number of fused-ring (bicyclic) bond motifs is 9. The molecule has 0 N–H and O–H groups in total. The molecule has 11 rings (SSSR count). The molecule has 0 aliphatic carbocycles. The van der Waals surface area contributed by atoms with E-state index >= 15 is 0 Å². The number of hydrogen-bond acceptors (Lipinski definition) is 3. The molecule has 0 aliphatic rings. The summed E-state index contributed by atoms with van der Waals surface area (Å²) in [7, 11) is 0. The predicted molar refractivity (Wildman–Crippen MR) is 202 cm³/mol. The highest BCUT2D eigenvalue weighted by Crippen LogP contribution is 2.51. The molecule has 0 amide bonds. The monoisotopic (exact) mass is 626 g/mol. The van der Waals surface area contributed by atoms with Crippen LogP contribution >= 0.6 is 0 Å². The summed E-state index contributed by atoms with van der Waals surface area (Å²) in [5.41, 5.74) is 9.89. The normalized spacial score (nSPS) is 12.1. The topological polar surface area (TPSA) is 39.4 Å². The molecule has 8 aromatic carbocycles. The van der Waals surface area contributed by atoms with Crippen molar-refractivity contribution in [2.24, 2.45) is 0 Å². The van der Waals surface area contributed by atoms with Crippen LogP contribution in [0, 0.1) is 0 Å². The van der Waals surface area contributed by atoms with E-state index in [0.717, 1.165) is 93.6 Å². The summed E-state index contributed by atoms with van der Waals surface area (Å²) in [5, 5.41) is 10.0. The van der Waals surface area contributed by atoms with Gasteiger partial charge in [0.15, 0.2) is 0 Å². The van der Waals surface area contributed by atoms with Crippen molar-refractivity contribution in [3.8, 4) is 33.6 Å². The second kappa shape index (κ2) is 9.96. The molecule has 0 atom stereocenters. The lowest BCUT2D eigenvalue weighted by Gasteiger charge is -2.18.